The number of aryl methyl sites for hydroxylation is 1. The van der Waals surface area contributed by atoms with Crippen LogP contribution in [0.4, 0.5) is 5.69 Å². The first kappa shape index (κ1) is 18.3. The number of thiazole rings is 1. The molecule has 0 bridgehead atoms. The molecule has 0 atom stereocenters. The van der Waals surface area contributed by atoms with Crippen molar-refractivity contribution in [2.75, 3.05) is 5.32 Å². The van der Waals surface area contributed by atoms with Crippen LogP contribution >= 0.6 is 11.3 Å². The Hall–Kier alpha value is -3.05. The van der Waals surface area contributed by atoms with E-state index in [0.717, 1.165) is 27.3 Å². The molecule has 5 heteroatoms. The van der Waals surface area contributed by atoms with Gasteiger partial charge < -0.3 is 5.32 Å². The maximum Gasteiger partial charge on any atom is 0.257 e. The van der Waals surface area contributed by atoms with Gasteiger partial charge in [-0.05, 0) is 54.8 Å². The molecule has 0 saturated carbocycles. The number of anilines is 1. The number of pyridine rings is 1. The van der Waals surface area contributed by atoms with Gasteiger partial charge in [-0.3, -0.25) is 9.78 Å². The van der Waals surface area contributed by atoms with Crippen molar-refractivity contribution < 1.29 is 4.79 Å². The number of para-hydroxylation sites is 1. The second-order valence-electron chi connectivity index (χ2n) is 6.64. The molecule has 4 aromatic rings. The second kappa shape index (κ2) is 8.31. The number of amides is 1. The molecule has 1 amide bonds. The standard InChI is InChI=1S/C23H21N3OS/c1-2-3-7-16-11-13-17(14-12-16)25-22(27)18-8-6-15-24-21(18)23-26-19-9-4-5-10-20(19)28-23/h4-6,8-15H,2-3,7H2,1H3,(H,25,27). The van der Waals surface area contributed by atoms with Crippen molar-refractivity contribution in [3.63, 3.8) is 0 Å². The van der Waals surface area contributed by atoms with E-state index in [1.165, 1.54) is 18.4 Å². The summed E-state index contributed by atoms with van der Waals surface area (Å²) in [5.41, 5.74) is 4.13. The molecule has 0 spiro atoms. The van der Waals surface area contributed by atoms with Gasteiger partial charge >= 0.3 is 0 Å². The number of rotatable bonds is 6. The number of benzene rings is 2. The van der Waals surface area contributed by atoms with Crippen LogP contribution in [0, 0.1) is 0 Å². The number of fused-ring (bicyclic) bond motifs is 1. The Morgan fingerprint density at radius 3 is 2.64 bits per heavy atom. The molecule has 0 aliphatic heterocycles. The number of hydrogen-bond acceptors (Lipinski definition) is 4. The molecule has 0 aliphatic rings. The van der Waals surface area contributed by atoms with Gasteiger partial charge in [0, 0.05) is 11.9 Å². The van der Waals surface area contributed by atoms with Gasteiger partial charge in [0.05, 0.1) is 15.8 Å². The monoisotopic (exact) mass is 387 g/mol. The van der Waals surface area contributed by atoms with E-state index in [-0.39, 0.29) is 5.91 Å². The van der Waals surface area contributed by atoms with Crippen LogP contribution in [0.3, 0.4) is 0 Å². The van der Waals surface area contributed by atoms with Crippen molar-refractivity contribution in [2.45, 2.75) is 26.2 Å². The van der Waals surface area contributed by atoms with Crippen LogP contribution in [-0.2, 0) is 6.42 Å². The Balaban J connectivity index is 1.58. The summed E-state index contributed by atoms with van der Waals surface area (Å²) in [6, 6.07) is 19.6. The molecule has 2 aromatic heterocycles. The minimum Gasteiger partial charge on any atom is -0.322 e. The number of unbranched alkanes of at least 4 members (excludes halogenated alkanes) is 1. The van der Waals surface area contributed by atoms with Gasteiger partial charge in [0.2, 0.25) is 0 Å². The summed E-state index contributed by atoms with van der Waals surface area (Å²) in [4.78, 5) is 22.0. The number of carbonyl (C=O) groups is 1. The third-order valence-corrected chi connectivity index (χ3v) is 5.62. The summed E-state index contributed by atoms with van der Waals surface area (Å²) in [6.07, 6.45) is 5.11. The Bertz CT molecular complexity index is 1070. The highest BCUT2D eigenvalue weighted by Crippen LogP contribution is 2.31. The predicted molar refractivity (Wildman–Crippen MR) is 116 cm³/mol. The summed E-state index contributed by atoms with van der Waals surface area (Å²) in [5.74, 6) is -0.177. The third kappa shape index (κ3) is 3.94. The summed E-state index contributed by atoms with van der Waals surface area (Å²) in [7, 11) is 0. The summed E-state index contributed by atoms with van der Waals surface area (Å²) < 4.78 is 1.08. The zero-order valence-corrected chi connectivity index (χ0v) is 16.5. The zero-order chi connectivity index (χ0) is 19.3. The fraction of sp³-hybridized carbons (Fsp3) is 0.174. The molecule has 0 fully saturated rings. The van der Waals surface area contributed by atoms with E-state index in [1.807, 2.05) is 36.4 Å². The van der Waals surface area contributed by atoms with Crippen LogP contribution in [-0.4, -0.2) is 15.9 Å². The predicted octanol–water partition coefficient (Wildman–Crippen LogP) is 5.95. The highest BCUT2D eigenvalue weighted by molar-refractivity contribution is 7.21. The SMILES string of the molecule is CCCCc1ccc(NC(=O)c2cccnc2-c2nc3ccccc3s2)cc1. The number of carbonyl (C=O) groups excluding carboxylic acids is 1. The summed E-state index contributed by atoms with van der Waals surface area (Å²) in [5, 5.41) is 3.74. The maximum absolute atomic E-state index is 12.9. The minimum atomic E-state index is -0.177. The van der Waals surface area contributed by atoms with Gasteiger partial charge in [0.15, 0.2) is 0 Å². The first-order valence-electron chi connectivity index (χ1n) is 9.46. The third-order valence-electron chi connectivity index (χ3n) is 4.58. The van der Waals surface area contributed by atoms with Crippen molar-refractivity contribution in [1.29, 1.82) is 0 Å². The maximum atomic E-state index is 12.9. The van der Waals surface area contributed by atoms with Crippen LogP contribution in [0.15, 0.2) is 66.9 Å². The van der Waals surface area contributed by atoms with E-state index >= 15 is 0 Å². The number of aromatic nitrogens is 2. The Kier molecular flexibility index (Phi) is 5.44. The average molecular weight is 388 g/mol. The van der Waals surface area contributed by atoms with Gasteiger partial charge in [-0.2, -0.15) is 0 Å². The number of nitrogens with zero attached hydrogens (tertiary/aromatic N) is 2. The van der Waals surface area contributed by atoms with Gasteiger partial charge in [-0.1, -0.05) is 37.6 Å². The van der Waals surface area contributed by atoms with E-state index in [9.17, 15) is 4.79 Å². The molecule has 0 saturated heterocycles. The first-order valence-corrected chi connectivity index (χ1v) is 10.3. The lowest BCUT2D eigenvalue weighted by atomic mass is 10.1. The smallest absolute Gasteiger partial charge is 0.257 e. The van der Waals surface area contributed by atoms with Crippen molar-refractivity contribution in [2.24, 2.45) is 0 Å². The average Bonchev–Trinajstić information content (AvgIpc) is 3.17. The van der Waals surface area contributed by atoms with Crippen molar-refractivity contribution in [1.82, 2.24) is 9.97 Å². The highest BCUT2D eigenvalue weighted by Gasteiger charge is 2.17. The van der Waals surface area contributed by atoms with Gasteiger partial charge in [0.25, 0.3) is 5.91 Å². The van der Waals surface area contributed by atoms with E-state index in [2.05, 4.69) is 34.3 Å². The largest absolute Gasteiger partial charge is 0.322 e. The molecule has 0 radical (unpaired) electrons. The van der Waals surface area contributed by atoms with Gasteiger partial charge in [-0.15, -0.1) is 11.3 Å². The van der Waals surface area contributed by atoms with Crippen molar-refractivity contribution in [3.05, 3.63) is 78.0 Å². The van der Waals surface area contributed by atoms with Crippen LogP contribution in [0.1, 0.15) is 35.7 Å². The van der Waals surface area contributed by atoms with Crippen molar-refractivity contribution >= 4 is 33.1 Å². The van der Waals surface area contributed by atoms with Crippen LogP contribution < -0.4 is 5.32 Å². The van der Waals surface area contributed by atoms with Gasteiger partial charge in [-0.25, -0.2) is 4.98 Å². The van der Waals surface area contributed by atoms with Crippen LogP contribution in [0.5, 0.6) is 0 Å². The fourth-order valence-electron chi connectivity index (χ4n) is 3.07. The molecule has 0 aliphatic carbocycles. The van der Waals surface area contributed by atoms with Crippen LogP contribution in [0.2, 0.25) is 0 Å². The molecule has 1 N–H and O–H groups in total. The Morgan fingerprint density at radius 2 is 1.86 bits per heavy atom. The lowest BCUT2D eigenvalue weighted by Crippen LogP contribution is -2.13. The first-order chi connectivity index (χ1) is 13.7. The quantitative estimate of drug-likeness (QED) is 0.444. The normalized spacial score (nSPS) is 10.9. The molecule has 0 unspecified atom stereocenters. The minimum absolute atomic E-state index is 0.177. The molecule has 2 heterocycles. The lowest BCUT2D eigenvalue weighted by Gasteiger charge is -2.09. The van der Waals surface area contributed by atoms with Crippen molar-refractivity contribution in [3.8, 4) is 10.7 Å². The number of hydrogen-bond donors (Lipinski definition) is 1. The van der Waals surface area contributed by atoms with Gasteiger partial charge in [0.1, 0.15) is 10.7 Å². The highest BCUT2D eigenvalue weighted by atomic mass is 32.1. The molecule has 28 heavy (non-hydrogen) atoms. The second-order valence-corrected chi connectivity index (χ2v) is 7.67. The molecule has 2 aromatic carbocycles. The molecular weight excluding hydrogens is 366 g/mol. The molecular formula is C23H21N3OS. The Labute approximate surface area is 168 Å². The lowest BCUT2D eigenvalue weighted by molar-refractivity contribution is 0.102. The van der Waals surface area contributed by atoms with E-state index in [0.29, 0.717) is 11.3 Å². The topological polar surface area (TPSA) is 54.9 Å². The summed E-state index contributed by atoms with van der Waals surface area (Å²) in [6.45, 7) is 2.19. The molecule has 140 valence electrons. The van der Waals surface area contributed by atoms with Crippen LogP contribution in [0.25, 0.3) is 20.9 Å². The van der Waals surface area contributed by atoms with E-state index in [1.54, 1.807) is 29.7 Å². The molecule has 4 rings (SSSR count). The fourth-order valence-corrected chi connectivity index (χ4v) is 4.04. The van der Waals surface area contributed by atoms with E-state index in [4.69, 9.17) is 0 Å². The zero-order valence-electron chi connectivity index (χ0n) is 15.7. The number of nitrogens with one attached hydrogen (secondary N) is 1. The molecule has 4 nitrogen and oxygen atoms in total. The Morgan fingerprint density at radius 1 is 1.04 bits per heavy atom. The van der Waals surface area contributed by atoms with E-state index < -0.39 is 0 Å². The summed E-state index contributed by atoms with van der Waals surface area (Å²) >= 11 is 1.54.